The Bertz CT molecular complexity index is 223. The Morgan fingerprint density at radius 1 is 1.70 bits per heavy atom. The fourth-order valence-electron chi connectivity index (χ4n) is 1.08. The minimum Gasteiger partial charge on any atom is -0.334 e. The van der Waals surface area contributed by atoms with Crippen LogP contribution in [0.1, 0.15) is 24.6 Å². The number of aromatic nitrogens is 2. The first-order chi connectivity index (χ1) is 4.90. The first-order valence-corrected chi connectivity index (χ1v) is 3.72. The van der Waals surface area contributed by atoms with Crippen molar-refractivity contribution in [1.82, 2.24) is 9.55 Å². The van der Waals surface area contributed by atoms with Crippen molar-refractivity contribution in [2.24, 2.45) is 0 Å². The Labute approximate surface area is 60.9 Å². The lowest BCUT2D eigenvalue weighted by molar-refractivity contribution is 0.740. The molecule has 0 atom stereocenters. The van der Waals surface area contributed by atoms with E-state index in [1.54, 1.807) is 0 Å². The second kappa shape index (κ2) is 2.11. The third kappa shape index (κ3) is 0.939. The minimum absolute atomic E-state index is 0.757. The molecule has 1 saturated carbocycles. The van der Waals surface area contributed by atoms with Crippen molar-refractivity contribution in [2.75, 3.05) is 0 Å². The molecule has 1 aromatic heterocycles. The van der Waals surface area contributed by atoms with Crippen LogP contribution in [-0.4, -0.2) is 9.55 Å². The van der Waals surface area contributed by atoms with Gasteiger partial charge in [0.05, 0.1) is 12.0 Å². The van der Waals surface area contributed by atoms with Gasteiger partial charge in [0.2, 0.25) is 0 Å². The highest BCUT2D eigenvalue weighted by molar-refractivity contribution is 5.01. The van der Waals surface area contributed by atoms with E-state index in [2.05, 4.69) is 22.7 Å². The van der Waals surface area contributed by atoms with Crippen LogP contribution >= 0.6 is 0 Å². The third-order valence-corrected chi connectivity index (χ3v) is 1.88. The van der Waals surface area contributed by atoms with Crippen LogP contribution in [0.3, 0.4) is 0 Å². The molecule has 0 saturated heterocycles. The highest BCUT2D eigenvalue weighted by atomic mass is 15.1. The van der Waals surface area contributed by atoms with Gasteiger partial charge in [-0.05, 0) is 26.2 Å². The fourth-order valence-corrected chi connectivity index (χ4v) is 1.08. The molecule has 1 aliphatic carbocycles. The molecule has 0 spiro atoms. The first-order valence-electron chi connectivity index (χ1n) is 3.72. The summed E-state index contributed by atoms with van der Waals surface area (Å²) in [7, 11) is 0. The van der Waals surface area contributed by atoms with Crippen molar-refractivity contribution in [2.45, 2.75) is 25.3 Å². The predicted molar refractivity (Wildman–Crippen MR) is 39.6 cm³/mol. The van der Waals surface area contributed by atoms with Gasteiger partial charge < -0.3 is 4.57 Å². The summed E-state index contributed by atoms with van der Waals surface area (Å²) in [5, 5.41) is 0. The molecule has 0 unspecified atom stereocenters. The van der Waals surface area contributed by atoms with Crippen LogP contribution in [0.15, 0.2) is 12.5 Å². The Hall–Kier alpha value is -0.790. The second-order valence-electron chi connectivity index (χ2n) is 2.79. The zero-order chi connectivity index (χ0) is 6.97. The molecule has 1 radical (unpaired) electrons. The van der Waals surface area contributed by atoms with Gasteiger partial charge in [-0.3, -0.25) is 0 Å². The van der Waals surface area contributed by atoms with Gasteiger partial charge in [-0.1, -0.05) is 0 Å². The van der Waals surface area contributed by atoms with Crippen LogP contribution in [0.2, 0.25) is 0 Å². The van der Waals surface area contributed by atoms with Gasteiger partial charge in [-0.2, -0.15) is 0 Å². The van der Waals surface area contributed by atoms with E-state index in [9.17, 15) is 0 Å². The van der Waals surface area contributed by atoms with E-state index < -0.39 is 0 Å². The monoisotopic (exact) mass is 135 g/mol. The van der Waals surface area contributed by atoms with Crippen LogP contribution in [0.4, 0.5) is 0 Å². The Morgan fingerprint density at radius 2 is 2.50 bits per heavy atom. The summed E-state index contributed by atoms with van der Waals surface area (Å²) in [5.41, 5.74) is 1.10. The fraction of sp³-hybridized carbons (Fsp3) is 0.500. The van der Waals surface area contributed by atoms with E-state index in [-0.39, 0.29) is 0 Å². The van der Waals surface area contributed by atoms with Crippen molar-refractivity contribution < 1.29 is 0 Å². The van der Waals surface area contributed by atoms with Crippen molar-refractivity contribution >= 4 is 0 Å². The molecule has 0 aliphatic heterocycles. The summed E-state index contributed by atoms with van der Waals surface area (Å²) in [5.74, 6) is 0. The van der Waals surface area contributed by atoms with Gasteiger partial charge in [0.15, 0.2) is 0 Å². The average molecular weight is 135 g/mol. The van der Waals surface area contributed by atoms with E-state index in [1.165, 1.54) is 12.8 Å². The van der Waals surface area contributed by atoms with E-state index in [1.807, 2.05) is 6.33 Å². The Morgan fingerprint density at radius 3 is 3.00 bits per heavy atom. The Kier molecular flexibility index (Phi) is 1.26. The molecule has 0 amide bonds. The van der Waals surface area contributed by atoms with E-state index in [0.717, 1.165) is 18.2 Å². The molecule has 1 fully saturated rings. The summed E-state index contributed by atoms with van der Waals surface area (Å²) in [4.78, 5) is 4.20. The highest BCUT2D eigenvalue weighted by Crippen LogP contribution is 2.34. The maximum atomic E-state index is 4.20. The molecule has 2 heteroatoms. The van der Waals surface area contributed by atoms with Crippen molar-refractivity contribution in [3.63, 3.8) is 0 Å². The molecule has 0 aromatic carbocycles. The topological polar surface area (TPSA) is 17.8 Å². The average Bonchev–Trinajstić information content (AvgIpc) is 2.70. The smallest absolute Gasteiger partial charge is 0.0951 e. The minimum atomic E-state index is 0.757. The van der Waals surface area contributed by atoms with Crippen molar-refractivity contribution in [3.05, 3.63) is 25.1 Å². The van der Waals surface area contributed by atoms with Crippen molar-refractivity contribution in [3.8, 4) is 0 Å². The lowest BCUT2D eigenvalue weighted by atomic mass is 10.4. The summed E-state index contributed by atoms with van der Waals surface area (Å²) in [6.07, 6.45) is 7.47. The molecule has 0 bridgehead atoms. The molecular weight excluding hydrogens is 124 g/mol. The van der Waals surface area contributed by atoms with Gasteiger partial charge >= 0.3 is 0 Å². The summed E-state index contributed by atoms with van der Waals surface area (Å²) >= 11 is 0. The number of imidazole rings is 1. The Balaban J connectivity index is 2.19. The molecule has 1 aromatic rings. The van der Waals surface area contributed by atoms with E-state index >= 15 is 0 Å². The largest absolute Gasteiger partial charge is 0.334 e. The molecule has 10 heavy (non-hydrogen) atoms. The third-order valence-electron chi connectivity index (χ3n) is 1.88. The van der Waals surface area contributed by atoms with Gasteiger partial charge in [-0.25, -0.2) is 4.98 Å². The van der Waals surface area contributed by atoms with Crippen LogP contribution in [-0.2, 0) is 6.42 Å². The highest BCUT2D eigenvalue weighted by Gasteiger charge is 2.22. The number of hydrogen-bond acceptors (Lipinski definition) is 1. The van der Waals surface area contributed by atoms with E-state index in [0.29, 0.717) is 0 Å². The van der Waals surface area contributed by atoms with Crippen LogP contribution in [0.25, 0.3) is 0 Å². The molecule has 0 N–H and O–H groups in total. The lowest BCUT2D eigenvalue weighted by Crippen LogP contribution is -1.86. The summed E-state index contributed by atoms with van der Waals surface area (Å²) in [6.45, 7) is 3.77. The number of nitrogens with zero attached hydrogens (tertiary/aromatic N) is 2. The van der Waals surface area contributed by atoms with Crippen LogP contribution in [0, 0.1) is 6.92 Å². The van der Waals surface area contributed by atoms with E-state index in [4.69, 9.17) is 0 Å². The van der Waals surface area contributed by atoms with Gasteiger partial charge in [0.25, 0.3) is 0 Å². The molecule has 2 nitrogen and oxygen atoms in total. The first kappa shape index (κ1) is 5.96. The number of rotatable bonds is 2. The van der Waals surface area contributed by atoms with Crippen molar-refractivity contribution in [1.29, 1.82) is 0 Å². The predicted octanol–water partition coefficient (Wildman–Crippen LogP) is 1.59. The number of hydrogen-bond donors (Lipinski definition) is 0. The molecule has 1 aliphatic rings. The summed E-state index contributed by atoms with van der Waals surface area (Å²) < 4.78 is 2.19. The second-order valence-corrected chi connectivity index (χ2v) is 2.79. The molecule has 53 valence electrons. The maximum absolute atomic E-state index is 4.20. The standard InChI is InChI=1S/C8H11N2/c1-2-7-5-10(6-9-7)8-3-4-8/h5-6,8H,1-4H2. The zero-order valence-corrected chi connectivity index (χ0v) is 5.95. The van der Waals surface area contributed by atoms with Crippen LogP contribution in [0.5, 0.6) is 0 Å². The summed E-state index contributed by atoms with van der Waals surface area (Å²) in [6, 6.07) is 0.757. The lowest BCUT2D eigenvalue weighted by Gasteiger charge is -1.92. The van der Waals surface area contributed by atoms with Gasteiger partial charge in [-0.15, -0.1) is 0 Å². The van der Waals surface area contributed by atoms with Gasteiger partial charge in [0, 0.05) is 12.2 Å². The normalized spacial score (nSPS) is 17.7. The van der Waals surface area contributed by atoms with Crippen LogP contribution < -0.4 is 0 Å². The molecular formula is C8H11N2. The SMILES string of the molecule is [CH2]Cc1cn(C2CC2)cn1. The maximum Gasteiger partial charge on any atom is 0.0951 e. The zero-order valence-electron chi connectivity index (χ0n) is 5.95. The molecule has 2 rings (SSSR count). The quantitative estimate of drug-likeness (QED) is 0.602. The molecule has 1 heterocycles. The van der Waals surface area contributed by atoms with Gasteiger partial charge in [0.1, 0.15) is 0 Å².